The number of carbonyl (C=O) groups is 1. The molecule has 0 rings (SSSR count). The first-order chi connectivity index (χ1) is 7.61. The fourth-order valence-electron chi connectivity index (χ4n) is 1.01. The largest absolute Gasteiger partial charge is 0.444 e. The highest BCUT2D eigenvalue weighted by molar-refractivity contribution is 5.68. The third-order valence-corrected chi connectivity index (χ3v) is 1.89. The number of amides is 1. The fraction of sp³-hybridized carbons (Fsp3) is 0.909. The van der Waals surface area contributed by atoms with Crippen molar-refractivity contribution in [1.82, 2.24) is 10.6 Å². The number of rotatable bonds is 5. The topological polar surface area (TPSA) is 50.4 Å². The number of halogens is 2. The fourth-order valence-corrected chi connectivity index (χ4v) is 1.01. The van der Waals surface area contributed by atoms with Crippen LogP contribution in [0.1, 0.15) is 34.6 Å². The molecule has 0 aliphatic rings. The van der Waals surface area contributed by atoms with Gasteiger partial charge in [-0.05, 0) is 34.6 Å². The first-order valence-electron chi connectivity index (χ1n) is 5.63. The summed E-state index contributed by atoms with van der Waals surface area (Å²) < 4.78 is 29.4. The minimum atomic E-state index is -2.41. The van der Waals surface area contributed by atoms with Crippen LogP contribution in [-0.4, -0.2) is 36.7 Å². The Hall–Kier alpha value is -0.910. The van der Waals surface area contributed by atoms with Gasteiger partial charge in [-0.1, -0.05) is 0 Å². The SMILES string of the molecule is CC(CNC(C)C(F)F)NC(=O)OC(C)(C)C. The van der Waals surface area contributed by atoms with Crippen molar-refractivity contribution in [2.75, 3.05) is 6.54 Å². The molecule has 0 saturated carbocycles. The van der Waals surface area contributed by atoms with Gasteiger partial charge in [0.25, 0.3) is 6.43 Å². The van der Waals surface area contributed by atoms with Crippen molar-refractivity contribution in [3.63, 3.8) is 0 Å². The lowest BCUT2D eigenvalue weighted by Crippen LogP contribution is -2.45. The lowest BCUT2D eigenvalue weighted by molar-refractivity contribution is 0.0504. The van der Waals surface area contributed by atoms with Gasteiger partial charge in [0, 0.05) is 12.6 Å². The molecular weight excluding hydrogens is 230 g/mol. The second-order valence-corrected chi connectivity index (χ2v) is 5.08. The van der Waals surface area contributed by atoms with E-state index < -0.39 is 24.2 Å². The molecule has 2 N–H and O–H groups in total. The molecule has 0 fully saturated rings. The summed E-state index contributed by atoms with van der Waals surface area (Å²) in [6, 6.07) is -1.16. The molecule has 0 aromatic carbocycles. The predicted octanol–water partition coefficient (Wildman–Crippen LogP) is 2.14. The molecule has 0 radical (unpaired) electrons. The third kappa shape index (κ3) is 8.85. The van der Waals surface area contributed by atoms with E-state index in [2.05, 4.69) is 10.6 Å². The number of carbonyl (C=O) groups excluding carboxylic acids is 1. The molecule has 17 heavy (non-hydrogen) atoms. The maximum absolute atomic E-state index is 12.2. The maximum atomic E-state index is 12.2. The van der Waals surface area contributed by atoms with Crippen LogP contribution in [0.2, 0.25) is 0 Å². The highest BCUT2D eigenvalue weighted by Crippen LogP contribution is 2.06. The van der Waals surface area contributed by atoms with Gasteiger partial charge in [-0.15, -0.1) is 0 Å². The highest BCUT2D eigenvalue weighted by Gasteiger charge is 2.19. The number of hydrogen-bond donors (Lipinski definition) is 2. The Balaban J connectivity index is 3.86. The van der Waals surface area contributed by atoms with Crippen molar-refractivity contribution < 1.29 is 18.3 Å². The van der Waals surface area contributed by atoms with Crippen LogP contribution in [0.5, 0.6) is 0 Å². The van der Waals surface area contributed by atoms with Crippen LogP contribution in [0.4, 0.5) is 13.6 Å². The number of alkyl carbamates (subject to hydrolysis) is 1. The predicted molar refractivity (Wildman–Crippen MR) is 62.3 cm³/mol. The summed E-state index contributed by atoms with van der Waals surface area (Å²) in [5.74, 6) is 0. The van der Waals surface area contributed by atoms with E-state index >= 15 is 0 Å². The van der Waals surface area contributed by atoms with Crippen molar-refractivity contribution in [3.05, 3.63) is 0 Å². The quantitative estimate of drug-likeness (QED) is 0.788. The summed E-state index contributed by atoms with van der Waals surface area (Å²) in [6.07, 6.45) is -2.96. The minimum Gasteiger partial charge on any atom is -0.444 e. The van der Waals surface area contributed by atoms with Crippen molar-refractivity contribution in [2.45, 2.75) is 58.7 Å². The first kappa shape index (κ1) is 16.1. The minimum absolute atomic E-state index is 0.269. The number of nitrogens with one attached hydrogen (secondary N) is 2. The highest BCUT2D eigenvalue weighted by atomic mass is 19.3. The molecule has 2 atom stereocenters. The Bertz CT molecular complexity index is 242. The van der Waals surface area contributed by atoms with E-state index in [0.29, 0.717) is 0 Å². The Kier molecular flexibility index (Phi) is 6.37. The normalized spacial score (nSPS) is 15.5. The van der Waals surface area contributed by atoms with Gasteiger partial charge in [0.2, 0.25) is 0 Å². The van der Waals surface area contributed by atoms with E-state index in [1.165, 1.54) is 6.92 Å². The molecule has 0 aliphatic heterocycles. The average Bonchev–Trinajstić information content (AvgIpc) is 2.10. The van der Waals surface area contributed by atoms with Gasteiger partial charge in [0.1, 0.15) is 5.60 Å². The van der Waals surface area contributed by atoms with Gasteiger partial charge < -0.3 is 15.4 Å². The van der Waals surface area contributed by atoms with Gasteiger partial charge in [-0.25, -0.2) is 13.6 Å². The number of alkyl halides is 2. The summed E-state index contributed by atoms with van der Waals surface area (Å²) in [5, 5.41) is 5.19. The van der Waals surface area contributed by atoms with E-state index in [1.54, 1.807) is 27.7 Å². The van der Waals surface area contributed by atoms with Crippen LogP contribution in [0.25, 0.3) is 0 Å². The van der Waals surface area contributed by atoms with E-state index in [1.807, 2.05) is 0 Å². The smallest absolute Gasteiger partial charge is 0.407 e. The molecule has 2 unspecified atom stereocenters. The summed E-state index contributed by atoms with van der Waals surface area (Å²) >= 11 is 0. The molecule has 0 heterocycles. The van der Waals surface area contributed by atoms with Gasteiger partial charge in [0.05, 0.1) is 6.04 Å². The number of ether oxygens (including phenoxy) is 1. The maximum Gasteiger partial charge on any atom is 0.407 e. The van der Waals surface area contributed by atoms with Gasteiger partial charge in [-0.3, -0.25) is 0 Å². The molecule has 1 amide bonds. The zero-order chi connectivity index (χ0) is 13.6. The lowest BCUT2D eigenvalue weighted by Gasteiger charge is -2.23. The van der Waals surface area contributed by atoms with Crippen LogP contribution in [0, 0.1) is 0 Å². The van der Waals surface area contributed by atoms with Crippen LogP contribution in [0.3, 0.4) is 0 Å². The summed E-state index contributed by atoms with van der Waals surface area (Å²) in [4.78, 5) is 11.3. The Morgan fingerprint density at radius 1 is 1.29 bits per heavy atom. The molecule has 4 nitrogen and oxygen atoms in total. The standard InChI is InChI=1S/C11H22F2N2O2/c1-7(6-14-8(2)9(12)13)15-10(16)17-11(3,4)5/h7-9,14H,6H2,1-5H3,(H,15,16). The monoisotopic (exact) mass is 252 g/mol. The Labute approximate surface area is 101 Å². The molecule has 0 aromatic heterocycles. The number of hydrogen-bond acceptors (Lipinski definition) is 3. The zero-order valence-corrected chi connectivity index (χ0v) is 11.0. The van der Waals surface area contributed by atoms with Gasteiger partial charge in [0.15, 0.2) is 0 Å². The molecule has 0 aromatic rings. The van der Waals surface area contributed by atoms with Gasteiger partial charge >= 0.3 is 6.09 Å². The Morgan fingerprint density at radius 3 is 2.24 bits per heavy atom. The molecule has 0 aliphatic carbocycles. The van der Waals surface area contributed by atoms with E-state index in [-0.39, 0.29) is 12.6 Å². The van der Waals surface area contributed by atoms with Crippen molar-refractivity contribution in [1.29, 1.82) is 0 Å². The van der Waals surface area contributed by atoms with Crippen LogP contribution in [0.15, 0.2) is 0 Å². The summed E-state index contributed by atoms with van der Waals surface area (Å²) in [7, 11) is 0. The second kappa shape index (κ2) is 6.74. The average molecular weight is 252 g/mol. The van der Waals surface area contributed by atoms with Crippen LogP contribution < -0.4 is 10.6 Å². The molecule has 0 saturated heterocycles. The summed E-state index contributed by atoms with van der Waals surface area (Å²) in [5.41, 5.74) is -0.562. The van der Waals surface area contributed by atoms with Gasteiger partial charge in [-0.2, -0.15) is 0 Å². The van der Waals surface area contributed by atoms with Crippen molar-refractivity contribution in [2.24, 2.45) is 0 Å². The Morgan fingerprint density at radius 2 is 1.82 bits per heavy atom. The van der Waals surface area contributed by atoms with E-state index in [0.717, 1.165) is 0 Å². The van der Waals surface area contributed by atoms with Crippen molar-refractivity contribution >= 4 is 6.09 Å². The van der Waals surface area contributed by atoms with Crippen LogP contribution >= 0.6 is 0 Å². The zero-order valence-electron chi connectivity index (χ0n) is 11.0. The summed E-state index contributed by atoms with van der Waals surface area (Å²) in [6.45, 7) is 8.65. The first-order valence-corrected chi connectivity index (χ1v) is 5.63. The van der Waals surface area contributed by atoms with Crippen LogP contribution in [-0.2, 0) is 4.74 Å². The lowest BCUT2D eigenvalue weighted by atomic mass is 10.2. The van der Waals surface area contributed by atoms with E-state index in [9.17, 15) is 13.6 Å². The molecule has 0 bridgehead atoms. The van der Waals surface area contributed by atoms with Crippen molar-refractivity contribution in [3.8, 4) is 0 Å². The second-order valence-electron chi connectivity index (χ2n) is 5.08. The molecule has 0 spiro atoms. The molecule has 6 heteroatoms. The third-order valence-electron chi connectivity index (χ3n) is 1.89. The molecular formula is C11H22F2N2O2. The van der Waals surface area contributed by atoms with E-state index in [4.69, 9.17) is 4.74 Å². The molecule has 102 valence electrons.